The first-order valence-electron chi connectivity index (χ1n) is 7.75. The van der Waals surface area contributed by atoms with E-state index in [1.807, 2.05) is 10.7 Å². The maximum Gasteiger partial charge on any atom is 0.240 e. The predicted molar refractivity (Wildman–Crippen MR) is 82.8 cm³/mol. The minimum absolute atomic E-state index is 0.0220. The van der Waals surface area contributed by atoms with E-state index in [1.165, 1.54) is 19.3 Å². The topological polar surface area (TPSA) is 51.5 Å². The number of aromatic nitrogens is 3. The first-order chi connectivity index (χ1) is 10.0. The average Bonchev–Trinajstić information content (AvgIpc) is 2.91. The Morgan fingerprint density at radius 1 is 1.38 bits per heavy atom. The van der Waals surface area contributed by atoms with Crippen molar-refractivity contribution in [2.24, 2.45) is 0 Å². The maximum absolute atomic E-state index is 5.95. The number of hydrogen-bond donors (Lipinski definition) is 1. The van der Waals surface area contributed by atoms with Crippen molar-refractivity contribution in [3.8, 4) is 5.88 Å². The molecule has 1 atom stereocenters. The van der Waals surface area contributed by atoms with E-state index in [4.69, 9.17) is 4.74 Å². The van der Waals surface area contributed by atoms with Crippen molar-refractivity contribution >= 4 is 5.52 Å². The first kappa shape index (κ1) is 14.3. The van der Waals surface area contributed by atoms with E-state index in [1.54, 1.807) is 6.20 Å². The summed E-state index contributed by atoms with van der Waals surface area (Å²) in [5, 5.41) is 8.11. The Bertz CT molecular complexity index is 608. The second kappa shape index (κ2) is 5.64. The Morgan fingerprint density at radius 3 is 2.95 bits per heavy atom. The molecule has 0 radical (unpaired) electrons. The van der Waals surface area contributed by atoms with Crippen LogP contribution in [0.5, 0.6) is 5.88 Å². The van der Waals surface area contributed by atoms with Crippen LogP contribution in [0, 0.1) is 0 Å². The van der Waals surface area contributed by atoms with Gasteiger partial charge in [0.15, 0.2) is 0 Å². The van der Waals surface area contributed by atoms with E-state index in [2.05, 4.69) is 42.2 Å². The lowest BCUT2D eigenvalue weighted by Gasteiger charge is -2.23. The van der Waals surface area contributed by atoms with Crippen LogP contribution in [0.1, 0.15) is 45.7 Å². The molecule has 2 aromatic heterocycles. The standard InChI is InChI=1S/C16H24N4O/c1-16(2,3)14-10-13-15(18-8-9-20(13)19-14)21-11-12-6-4-5-7-17-12/h8-10,12,17H,4-7,11H2,1-3H3. The Morgan fingerprint density at radius 2 is 2.24 bits per heavy atom. The van der Waals surface area contributed by atoms with Crippen LogP contribution in [0.3, 0.4) is 0 Å². The van der Waals surface area contributed by atoms with Crippen molar-refractivity contribution in [2.45, 2.75) is 51.5 Å². The lowest BCUT2D eigenvalue weighted by atomic mass is 9.92. The van der Waals surface area contributed by atoms with Gasteiger partial charge in [0, 0.05) is 23.9 Å². The van der Waals surface area contributed by atoms with Crippen molar-refractivity contribution in [3.63, 3.8) is 0 Å². The summed E-state index contributed by atoms with van der Waals surface area (Å²) >= 11 is 0. The molecule has 0 aliphatic carbocycles. The molecule has 0 saturated carbocycles. The lowest BCUT2D eigenvalue weighted by molar-refractivity contribution is 0.233. The van der Waals surface area contributed by atoms with Crippen LogP contribution in [0.4, 0.5) is 0 Å². The monoisotopic (exact) mass is 288 g/mol. The third kappa shape index (κ3) is 3.18. The highest BCUT2D eigenvalue weighted by molar-refractivity contribution is 5.57. The molecule has 1 aliphatic rings. The molecule has 0 aromatic carbocycles. The predicted octanol–water partition coefficient (Wildman–Crippen LogP) is 2.55. The van der Waals surface area contributed by atoms with Gasteiger partial charge in [0.25, 0.3) is 0 Å². The number of piperidine rings is 1. The smallest absolute Gasteiger partial charge is 0.240 e. The van der Waals surface area contributed by atoms with Crippen LogP contribution in [0.15, 0.2) is 18.5 Å². The van der Waals surface area contributed by atoms with E-state index >= 15 is 0 Å². The molecule has 1 fully saturated rings. The highest BCUT2D eigenvalue weighted by Gasteiger charge is 2.20. The van der Waals surface area contributed by atoms with Crippen LogP contribution in [0.25, 0.3) is 5.52 Å². The van der Waals surface area contributed by atoms with Crippen molar-refractivity contribution in [3.05, 3.63) is 24.2 Å². The molecular formula is C16H24N4O. The van der Waals surface area contributed by atoms with Gasteiger partial charge in [0.1, 0.15) is 12.1 Å². The van der Waals surface area contributed by atoms with E-state index in [-0.39, 0.29) is 5.41 Å². The van der Waals surface area contributed by atoms with Gasteiger partial charge in [0.2, 0.25) is 5.88 Å². The SMILES string of the molecule is CC(C)(C)c1cc2c(OCC3CCCCN3)nccn2n1. The maximum atomic E-state index is 5.95. The summed E-state index contributed by atoms with van der Waals surface area (Å²) in [4.78, 5) is 4.38. The Hall–Kier alpha value is -1.62. The highest BCUT2D eigenvalue weighted by Crippen LogP contribution is 2.25. The van der Waals surface area contributed by atoms with Gasteiger partial charge in [-0.25, -0.2) is 9.50 Å². The Labute approximate surface area is 125 Å². The molecule has 1 N–H and O–H groups in total. The summed E-state index contributed by atoms with van der Waals surface area (Å²) in [5.74, 6) is 0.674. The molecule has 1 saturated heterocycles. The van der Waals surface area contributed by atoms with Gasteiger partial charge >= 0.3 is 0 Å². The number of nitrogens with zero attached hydrogens (tertiary/aromatic N) is 3. The molecule has 1 aliphatic heterocycles. The third-order valence-electron chi connectivity index (χ3n) is 3.96. The van der Waals surface area contributed by atoms with Crippen LogP contribution in [0.2, 0.25) is 0 Å². The summed E-state index contributed by atoms with van der Waals surface area (Å²) in [6, 6.07) is 2.52. The van der Waals surface area contributed by atoms with E-state index in [9.17, 15) is 0 Å². The summed E-state index contributed by atoms with van der Waals surface area (Å²) < 4.78 is 7.81. The molecule has 0 spiro atoms. The molecule has 0 amide bonds. The Balaban J connectivity index is 1.79. The number of ether oxygens (including phenoxy) is 1. The summed E-state index contributed by atoms with van der Waals surface area (Å²) in [6.07, 6.45) is 7.34. The van der Waals surface area contributed by atoms with Crippen LogP contribution < -0.4 is 10.1 Å². The van der Waals surface area contributed by atoms with Gasteiger partial charge in [-0.05, 0) is 25.5 Å². The van der Waals surface area contributed by atoms with Gasteiger partial charge in [-0.3, -0.25) is 0 Å². The number of nitrogens with one attached hydrogen (secondary N) is 1. The normalized spacial score (nSPS) is 19.9. The zero-order valence-corrected chi connectivity index (χ0v) is 13.1. The fourth-order valence-electron chi connectivity index (χ4n) is 2.62. The van der Waals surface area contributed by atoms with Crippen molar-refractivity contribution in [1.29, 1.82) is 0 Å². The largest absolute Gasteiger partial charge is 0.474 e. The van der Waals surface area contributed by atoms with E-state index in [0.717, 1.165) is 17.8 Å². The van der Waals surface area contributed by atoms with Crippen molar-refractivity contribution < 1.29 is 4.74 Å². The zero-order chi connectivity index (χ0) is 14.9. The summed E-state index contributed by atoms with van der Waals surface area (Å²) in [7, 11) is 0. The lowest BCUT2D eigenvalue weighted by Crippen LogP contribution is -2.38. The molecule has 114 valence electrons. The average molecular weight is 288 g/mol. The Kier molecular flexibility index (Phi) is 3.85. The molecule has 21 heavy (non-hydrogen) atoms. The fourth-order valence-corrected chi connectivity index (χ4v) is 2.62. The minimum Gasteiger partial charge on any atom is -0.474 e. The van der Waals surface area contributed by atoms with E-state index < -0.39 is 0 Å². The number of hydrogen-bond acceptors (Lipinski definition) is 4. The fraction of sp³-hybridized carbons (Fsp3) is 0.625. The van der Waals surface area contributed by atoms with Gasteiger partial charge < -0.3 is 10.1 Å². The number of fused-ring (bicyclic) bond motifs is 1. The van der Waals surface area contributed by atoms with E-state index in [0.29, 0.717) is 18.5 Å². The molecule has 2 aromatic rings. The van der Waals surface area contributed by atoms with Crippen LogP contribution in [-0.4, -0.2) is 33.8 Å². The van der Waals surface area contributed by atoms with Crippen molar-refractivity contribution in [2.75, 3.05) is 13.2 Å². The van der Waals surface area contributed by atoms with Crippen LogP contribution >= 0.6 is 0 Å². The van der Waals surface area contributed by atoms with Crippen molar-refractivity contribution in [1.82, 2.24) is 19.9 Å². The van der Waals surface area contributed by atoms with Gasteiger partial charge in [-0.15, -0.1) is 0 Å². The zero-order valence-electron chi connectivity index (χ0n) is 13.1. The van der Waals surface area contributed by atoms with Gasteiger partial charge in [0.05, 0.1) is 5.69 Å². The summed E-state index contributed by atoms with van der Waals surface area (Å²) in [5.41, 5.74) is 2.02. The van der Waals surface area contributed by atoms with Gasteiger partial charge in [-0.1, -0.05) is 27.2 Å². The van der Waals surface area contributed by atoms with Gasteiger partial charge in [-0.2, -0.15) is 5.10 Å². The second-order valence-corrected chi connectivity index (χ2v) is 6.80. The molecule has 3 heterocycles. The highest BCUT2D eigenvalue weighted by atomic mass is 16.5. The van der Waals surface area contributed by atoms with Crippen LogP contribution in [-0.2, 0) is 5.41 Å². The third-order valence-corrected chi connectivity index (χ3v) is 3.96. The quantitative estimate of drug-likeness (QED) is 0.943. The minimum atomic E-state index is 0.0220. The molecule has 1 unspecified atom stereocenters. The molecule has 0 bridgehead atoms. The molecule has 5 heteroatoms. The molecule has 5 nitrogen and oxygen atoms in total. The first-order valence-corrected chi connectivity index (χ1v) is 7.75. The summed E-state index contributed by atoms with van der Waals surface area (Å²) in [6.45, 7) is 8.24. The molecular weight excluding hydrogens is 264 g/mol. The molecule has 3 rings (SSSR count). The number of rotatable bonds is 3. The second-order valence-electron chi connectivity index (χ2n) is 6.80.